The molecule has 0 aromatic carbocycles. The third kappa shape index (κ3) is 2.93. The minimum absolute atomic E-state index is 0.275. The van der Waals surface area contributed by atoms with Gasteiger partial charge in [-0.05, 0) is 34.4 Å². The summed E-state index contributed by atoms with van der Waals surface area (Å²) in [6.07, 6.45) is 0. The molecule has 5 heteroatoms. The summed E-state index contributed by atoms with van der Waals surface area (Å²) < 4.78 is 0. The van der Waals surface area contributed by atoms with Gasteiger partial charge in [-0.15, -0.1) is 11.3 Å². The predicted octanol–water partition coefficient (Wildman–Crippen LogP) is 4.44. The molecule has 0 aliphatic carbocycles. The van der Waals surface area contributed by atoms with E-state index in [1.54, 1.807) is 11.3 Å². The van der Waals surface area contributed by atoms with Crippen molar-refractivity contribution < 1.29 is 0 Å². The van der Waals surface area contributed by atoms with Gasteiger partial charge in [0.25, 0.3) is 0 Å². The van der Waals surface area contributed by atoms with Gasteiger partial charge in [-0.2, -0.15) is 0 Å². The number of nitrogens with one attached hydrogen (secondary N) is 1. The van der Waals surface area contributed by atoms with E-state index in [-0.39, 0.29) is 5.41 Å². The first-order valence-corrected chi connectivity index (χ1v) is 7.28. The van der Waals surface area contributed by atoms with Gasteiger partial charge in [-0.1, -0.05) is 27.7 Å². The maximum atomic E-state index is 5.93. The van der Waals surface area contributed by atoms with E-state index in [0.717, 1.165) is 22.6 Å². The molecule has 0 bridgehead atoms. The molecule has 2 heterocycles. The molecule has 1 N–H and O–H groups in total. The Hall–Kier alpha value is -0.870. The number of nitrogens with zero attached hydrogens (tertiary/aromatic N) is 2. The predicted molar refractivity (Wildman–Crippen MR) is 79.5 cm³/mol. The summed E-state index contributed by atoms with van der Waals surface area (Å²) in [6.45, 7) is 9.84. The topological polar surface area (TPSA) is 37.8 Å². The Morgan fingerprint density at radius 2 is 2.11 bits per heavy atom. The van der Waals surface area contributed by atoms with Gasteiger partial charge in [0.1, 0.15) is 10.6 Å². The third-order valence-corrected chi connectivity index (χ3v) is 4.33. The lowest BCUT2D eigenvalue weighted by Gasteiger charge is -2.27. The molecule has 1 atom stereocenters. The number of thiophene rings is 1. The molecule has 0 aliphatic heterocycles. The van der Waals surface area contributed by atoms with Crippen molar-refractivity contribution in [1.82, 2.24) is 9.97 Å². The maximum absolute atomic E-state index is 5.93. The molecule has 2 rings (SSSR count). The summed E-state index contributed by atoms with van der Waals surface area (Å²) in [5.41, 5.74) is 0.275. The summed E-state index contributed by atoms with van der Waals surface area (Å²) in [6, 6.07) is 2.03. The van der Waals surface area contributed by atoms with Crippen LogP contribution in [0.4, 0.5) is 5.82 Å². The van der Waals surface area contributed by atoms with Crippen LogP contribution in [0.3, 0.4) is 0 Å². The van der Waals surface area contributed by atoms with Gasteiger partial charge < -0.3 is 5.32 Å². The minimum atomic E-state index is 0.275. The third-order valence-electron chi connectivity index (χ3n) is 3.35. The first kappa shape index (κ1) is 13.6. The van der Waals surface area contributed by atoms with Crippen molar-refractivity contribution in [1.29, 1.82) is 0 Å². The first-order chi connectivity index (χ1) is 8.38. The van der Waals surface area contributed by atoms with E-state index >= 15 is 0 Å². The van der Waals surface area contributed by atoms with E-state index in [2.05, 4.69) is 43.0 Å². The number of hydrogen-bond acceptors (Lipinski definition) is 4. The van der Waals surface area contributed by atoms with Gasteiger partial charge in [0.05, 0.1) is 5.39 Å². The molecule has 0 radical (unpaired) electrons. The number of rotatable bonds is 3. The Balaban J connectivity index is 2.19. The van der Waals surface area contributed by atoms with Gasteiger partial charge in [0.2, 0.25) is 5.28 Å². The van der Waals surface area contributed by atoms with Crippen LogP contribution in [0.1, 0.15) is 27.7 Å². The van der Waals surface area contributed by atoms with E-state index in [9.17, 15) is 0 Å². The number of halogens is 1. The molecular formula is C13H18ClN3S. The molecule has 2 aromatic rings. The second-order valence-corrected chi connectivity index (χ2v) is 6.86. The summed E-state index contributed by atoms with van der Waals surface area (Å²) in [4.78, 5) is 9.41. The molecule has 3 nitrogen and oxygen atoms in total. The zero-order chi connectivity index (χ0) is 13.3. The van der Waals surface area contributed by atoms with E-state index in [4.69, 9.17) is 11.6 Å². The van der Waals surface area contributed by atoms with E-state index in [1.165, 1.54) is 0 Å². The van der Waals surface area contributed by atoms with Gasteiger partial charge in [0.15, 0.2) is 0 Å². The number of aromatic nitrogens is 2. The molecule has 0 spiro atoms. The average Bonchev–Trinajstić information content (AvgIpc) is 2.71. The van der Waals surface area contributed by atoms with Crippen molar-refractivity contribution in [2.75, 3.05) is 11.9 Å². The highest BCUT2D eigenvalue weighted by atomic mass is 35.5. The van der Waals surface area contributed by atoms with Gasteiger partial charge >= 0.3 is 0 Å². The monoisotopic (exact) mass is 283 g/mol. The number of hydrogen-bond donors (Lipinski definition) is 1. The maximum Gasteiger partial charge on any atom is 0.225 e. The number of fused-ring (bicyclic) bond motifs is 1. The molecule has 0 amide bonds. The molecule has 0 saturated heterocycles. The molecule has 18 heavy (non-hydrogen) atoms. The van der Waals surface area contributed by atoms with Crippen LogP contribution < -0.4 is 5.32 Å². The number of anilines is 1. The highest BCUT2D eigenvalue weighted by Crippen LogP contribution is 2.29. The summed E-state index contributed by atoms with van der Waals surface area (Å²) >= 11 is 7.51. The van der Waals surface area contributed by atoms with Gasteiger partial charge in [0, 0.05) is 6.54 Å². The van der Waals surface area contributed by atoms with E-state index in [0.29, 0.717) is 11.2 Å². The highest BCUT2D eigenvalue weighted by molar-refractivity contribution is 7.16. The van der Waals surface area contributed by atoms with Crippen LogP contribution in [0.15, 0.2) is 11.4 Å². The van der Waals surface area contributed by atoms with Crippen LogP contribution in [-0.2, 0) is 0 Å². The zero-order valence-corrected chi connectivity index (χ0v) is 12.7. The summed E-state index contributed by atoms with van der Waals surface area (Å²) in [7, 11) is 0. The van der Waals surface area contributed by atoms with Crippen LogP contribution in [0, 0.1) is 11.3 Å². The van der Waals surface area contributed by atoms with Crippen molar-refractivity contribution in [2.24, 2.45) is 11.3 Å². The Morgan fingerprint density at radius 3 is 2.78 bits per heavy atom. The van der Waals surface area contributed by atoms with Crippen molar-refractivity contribution in [3.63, 3.8) is 0 Å². The fourth-order valence-electron chi connectivity index (χ4n) is 1.52. The second-order valence-electron chi connectivity index (χ2n) is 5.63. The lowest BCUT2D eigenvalue weighted by Crippen LogP contribution is -2.25. The van der Waals surface area contributed by atoms with E-state index < -0.39 is 0 Å². The van der Waals surface area contributed by atoms with Crippen LogP contribution >= 0.6 is 22.9 Å². The first-order valence-electron chi connectivity index (χ1n) is 6.02. The zero-order valence-electron chi connectivity index (χ0n) is 11.1. The van der Waals surface area contributed by atoms with Crippen molar-refractivity contribution >= 4 is 39.0 Å². The van der Waals surface area contributed by atoms with Crippen molar-refractivity contribution in [3.05, 3.63) is 16.7 Å². The Morgan fingerprint density at radius 1 is 1.39 bits per heavy atom. The van der Waals surface area contributed by atoms with Gasteiger partial charge in [-0.3, -0.25) is 0 Å². The normalized spacial score (nSPS) is 13.8. The quantitative estimate of drug-likeness (QED) is 0.846. The minimum Gasteiger partial charge on any atom is -0.369 e. The Kier molecular flexibility index (Phi) is 3.78. The van der Waals surface area contributed by atoms with Crippen molar-refractivity contribution in [2.45, 2.75) is 27.7 Å². The van der Waals surface area contributed by atoms with Crippen molar-refractivity contribution in [3.8, 4) is 0 Å². The lowest BCUT2D eigenvalue weighted by molar-refractivity contribution is 0.274. The van der Waals surface area contributed by atoms with Gasteiger partial charge in [-0.25, -0.2) is 9.97 Å². The smallest absolute Gasteiger partial charge is 0.225 e. The molecule has 0 aliphatic rings. The second kappa shape index (κ2) is 5.02. The SMILES string of the molecule is CC(CNc1nc(Cl)nc2sccc12)C(C)(C)C. The molecular weight excluding hydrogens is 266 g/mol. The van der Waals surface area contributed by atoms with Crippen LogP contribution in [-0.4, -0.2) is 16.5 Å². The lowest BCUT2D eigenvalue weighted by atomic mass is 9.82. The molecule has 0 fully saturated rings. The molecule has 1 unspecified atom stereocenters. The van der Waals surface area contributed by atoms with Crippen LogP contribution in [0.5, 0.6) is 0 Å². The molecule has 98 valence electrons. The Bertz CT molecular complexity index is 545. The molecule has 0 saturated carbocycles. The van der Waals surface area contributed by atoms with E-state index in [1.807, 2.05) is 11.4 Å². The fraction of sp³-hybridized carbons (Fsp3) is 0.538. The van der Waals surface area contributed by atoms with Crippen LogP contribution in [0.2, 0.25) is 5.28 Å². The highest BCUT2D eigenvalue weighted by Gasteiger charge is 2.20. The summed E-state index contributed by atoms with van der Waals surface area (Å²) in [5.74, 6) is 1.38. The standard InChI is InChI=1S/C13H18ClN3S/c1-8(13(2,3)4)7-15-10-9-5-6-18-11(9)17-12(14)16-10/h5-6,8H,7H2,1-4H3,(H,15,16,17). The average molecular weight is 284 g/mol. The largest absolute Gasteiger partial charge is 0.369 e. The Labute approximate surface area is 117 Å². The molecule has 2 aromatic heterocycles. The fourth-order valence-corrected chi connectivity index (χ4v) is 2.50. The van der Waals surface area contributed by atoms with Crippen LogP contribution in [0.25, 0.3) is 10.2 Å². The summed E-state index contributed by atoms with van der Waals surface area (Å²) in [5, 5.41) is 6.75.